The topological polar surface area (TPSA) is 152 Å². The van der Waals surface area contributed by atoms with Gasteiger partial charge in [-0.3, -0.25) is 9.59 Å². The van der Waals surface area contributed by atoms with E-state index < -0.39 is 55.4 Å². The van der Waals surface area contributed by atoms with E-state index in [1.807, 2.05) is 0 Å². The van der Waals surface area contributed by atoms with Gasteiger partial charge in [0.15, 0.2) is 12.4 Å². The maximum absolute atomic E-state index is 12.8. The highest BCUT2D eigenvalue weighted by Crippen LogP contribution is 2.22. The van der Waals surface area contributed by atoms with Gasteiger partial charge in [-0.15, -0.1) is 0 Å². The summed E-state index contributed by atoms with van der Waals surface area (Å²) < 4.78 is 22.1. The Morgan fingerprint density at radius 1 is 0.544 bits per heavy atom. The highest BCUT2D eigenvalue weighted by atomic mass is 16.7. The molecule has 2 unspecified atom stereocenters. The molecule has 0 bridgehead atoms. The van der Waals surface area contributed by atoms with Crippen molar-refractivity contribution in [1.82, 2.24) is 0 Å². The Kier molecular flexibility index (Phi) is 35.4. The van der Waals surface area contributed by atoms with E-state index >= 15 is 0 Å². The van der Waals surface area contributed by atoms with Crippen molar-refractivity contribution in [2.45, 2.75) is 230 Å². The van der Waals surface area contributed by atoms with Crippen molar-refractivity contribution in [2.24, 2.45) is 0 Å². The van der Waals surface area contributed by atoms with E-state index in [0.29, 0.717) is 12.8 Å². The lowest BCUT2D eigenvalue weighted by molar-refractivity contribution is -0.305. The maximum Gasteiger partial charge on any atom is 0.306 e. The molecular formula is C47H84O10. The third kappa shape index (κ3) is 29.7. The van der Waals surface area contributed by atoms with Crippen LogP contribution >= 0.6 is 0 Å². The fraction of sp³-hybridized carbons (Fsp3) is 0.830. The Morgan fingerprint density at radius 3 is 1.51 bits per heavy atom. The Balaban J connectivity index is 2.35. The molecular weight excluding hydrogens is 725 g/mol. The number of ether oxygens (including phenoxy) is 4. The number of hydrogen-bond acceptors (Lipinski definition) is 10. The lowest BCUT2D eigenvalue weighted by Gasteiger charge is -2.39. The zero-order valence-corrected chi connectivity index (χ0v) is 36.1. The summed E-state index contributed by atoms with van der Waals surface area (Å²) in [6, 6.07) is 0. The van der Waals surface area contributed by atoms with Crippen LogP contribution in [0.4, 0.5) is 0 Å². The van der Waals surface area contributed by atoms with Gasteiger partial charge in [0, 0.05) is 12.8 Å². The van der Waals surface area contributed by atoms with E-state index in [9.17, 15) is 30.0 Å². The Hall–Kier alpha value is -2.08. The van der Waals surface area contributed by atoms with Crippen molar-refractivity contribution < 1.29 is 49.0 Å². The molecule has 0 radical (unpaired) electrons. The lowest BCUT2D eigenvalue weighted by Crippen LogP contribution is -2.59. The van der Waals surface area contributed by atoms with Crippen LogP contribution in [0.5, 0.6) is 0 Å². The standard InChI is InChI=1S/C47H84O10/c1-3-5-7-9-11-13-15-17-19-20-22-24-26-28-30-32-34-36-43(50)56-40(39-55-47-46(53)45(52)44(51)41(37-48)57-47)38-54-42(49)35-33-31-29-27-25-23-21-18-16-14-12-10-8-6-4-2/h17-19,21,25,27,40-41,44-48,51-53H,3-16,20,22-24,26,28-39H2,1-2H3/b19-17+,21-18+,27-25+/t40-,41-,44+,45?,46?,47-/m1/s1. The second kappa shape index (κ2) is 38.1. The van der Waals surface area contributed by atoms with E-state index in [2.05, 4.69) is 50.3 Å². The fourth-order valence-electron chi connectivity index (χ4n) is 6.80. The predicted molar refractivity (Wildman–Crippen MR) is 229 cm³/mol. The van der Waals surface area contributed by atoms with E-state index in [4.69, 9.17) is 18.9 Å². The van der Waals surface area contributed by atoms with E-state index in [0.717, 1.165) is 51.4 Å². The fourth-order valence-corrected chi connectivity index (χ4v) is 6.80. The first-order valence-corrected chi connectivity index (χ1v) is 23.1. The summed E-state index contributed by atoms with van der Waals surface area (Å²) in [6.07, 6.45) is 35.8. The molecule has 0 aromatic heterocycles. The molecule has 1 rings (SSSR count). The number of aliphatic hydroxyl groups excluding tert-OH is 4. The van der Waals surface area contributed by atoms with Gasteiger partial charge in [0.2, 0.25) is 0 Å². The van der Waals surface area contributed by atoms with Gasteiger partial charge < -0.3 is 39.4 Å². The van der Waals surface area contributed by atoms with Gasteiger partial charge in [-0.05, 0) is 70.6 Å². The summed E-state index contributed by atoms with van der Waals surface area (Å²) in [5.41, 5.74) is 0. The number of carbonyl (C=O) groups excluding carboxylic acids is 2. The van der Waals surface area contributed by atoms with Crippen molar-refractivity contribution >= 4 is 11.9 Å². The molecule has 0 aromatic rings. The summed E-state index contributed by atoms with van der Waals surface area (Å²) in [5.74, 6) is -0.847. The number of allylic oxidation sites excluding steroid dienone is 6. The monoisotopic (exact) mass is 809 g/mol. The smallest absolute Gasteiger partial charge is 0.306 e. The number of unbranched alkanes of at least 4 members (excludes halogenated alkanes) is 21. The van der Waals surface area contributed by atoms with Gasteiger partial charge in [0.1, 0.15) is 31.0 Å². The van der Waals surface area contributed by atoms with Gasteiger partial charge in [0.25, 0.3) is 0 Å². The van der Waals surface area contributed by atoms with Crippen LogP contribution in [-0.2, 0) is 28.5 Å². The zero-order chi connectivity index (χ0) is 41.6. The minimum absolute atomic E-state index is 0.219. The molecule has 0 amide bonds. The lowest BCUT2D eigenvalue weighted by atomic mass is 9.99. The molecule has 0 aliphatic carbocycles. The molecule has 57 heavy (non-hydrogen) atoms. The van der Waals surface area contributed by atoms with Gasteiger partial charge in [-0.25, -0.2) is 0 Å². The van der Waals surface area contributed by atoms with E-state index in [1.165, 1.54) is 103 Å². The van der Waals surface area contributed by atoms with Crippen LogP contribution in [0, 0.1) is 0 Å². The molecule has 1 aliphatic rings. The molecule has 1 saturated heterocycles. The number of aliphatic hydroxyl groups is 4. The first kappa shape index (κ1) is 52.9. The molecule has 0 saturated carbocycles. The first-order chi connectivity index (χ1) is 27.8. The molecule has 0 aromatic carbocycles. The van der Waals surface area contributed by atoms with Gasteiger partial charge in [0.05, 0.1) is 13.2 Å². The molecule has 332 valence electrons. The molecule has 10 nitrogen and oxygen atoms in total. The van der Waals surface area contributed by atoms with E-state index in [1.54, 1.807) is 0 Å². The van der Waals surface area contributed by atoms with Gasteiger partial charge in [-0.2, -0.15) is 0 Å². The molecule has 1 heterocycles. The average Bonchev–Trinajstić information content (AvgIpc) is 3.21. The molecule has 6 atom stereocenters. The molecule has 0 spiro atoms. The van der Waals surface area contributed by atoms with Crippen LogP contribution in [0.1, 0.15) is 194 Å². The first-order valence-electron chi connectivity index (χ1n) is 23.1. The SMILES string of the molecule is CCCCCCCC/C=C/C/C=C/CCCCC(=O)OC[C@H](CO[C@@H]1O[C@H](CO)[C@H](O)C(O)C1O)OC(=O)CCCCCCCCC/C=C/CCCCCCCC. The average molecular weight is 809 g/mol. The molecule has 4 N–H and O–H groups in total. The van der Waals surface area contributed by atoms with Crippen molar-refractivity contribution in [3.05, 3.63) is 36.5 Å². The largest absolute Gasteiger partial charge is 0.462 e. The summed E-state index contributed by atoms with van der Waals surface area (Å²) in [6.45, 7) is 3.38. The van der Waals surface area contributed by atoms with Crippen LogP contribution < -0.4 is 0 Å². The van der Waals surface area contributed by atoms with Crippen molar-refractivity contribution in [1.29, 1.82) is 0 Å². The van der Waals surface area contributed by atoms with Gasteiger partial charge >= 0.3 is 11.9 Å². The third-order valence-corrected chi connectivity index (χ3v) is 10.5. The highest BCUT2D eigenvalue weighted by Gasteiger charge is 2.44. The normalized spacial score (nSPS) is 20.6. The quantitative estimate of drug-likeness (QED) is 0.0270. The second-order valence-corrected chi connectivity index (χ2v) is 15.8. The number of carbonyl (C=O) groups is 2. The van der Waals surface area contributed by atoms with Crippen LogP contribution in [0.15, 0.2) is 36.5 Å². The third-order valence-electron chi connectivity index (χ3n) is 10.5. The van der Waals surface area contributed by atoms with Crippen LogP contribution in [-0.4, -0.2) is 89.0 Å². The van der Waals surface area contributed by atoms with Crippen LogP contribution in [0.25, 0.3) is 0 Å². The number of rotatable bonds is 38. The summed E-state index contributed by atoms with van der Waals surface area (Å²) in [7, 11) is 0. The predicted octanol–water partition coefficient (Wildman–Crippen LogP) is 9.89. The minimum atomic E-state index is -1.60. The van der Waals surface area contributed by atoms with Crippen LogP contribution in [0.2, 0.25) is 0 Å². The van der Waals surface area contributed by atoms with Gasteiger partial charge in [-0.1, -0.05) is 147 Å². The summed E-state index contributed by atoms with van der Waals surface area (Å²) in [4.78, 5) is 25.3. The molecule has 1 fully saturated rings. The molecule has 1 aliphatic heterocycles. The van der Waals surface area contributed by atoms with Crippen LogP contribution in [0.3, 0.4) is 0 Å². The van der Waals surface area contributed by atoms with Crippen molar-refractivity contribution in [3.63, 3.8) is 0 Å². The highest BCUT2D eigenvalue weighted by molar-refractivity contribution is 5.70. The minimum Gasteiger partial charge on any atom is -0.462 e. The molecule has 10 heteroatoms. The summed E-state index contributed by atoms with van der Waals surface area (Å²) >= 11 is 0. The Labute approximate surface area is 346 Å². The van der Waals surface area contributed by atoms with Crippen molar-refractivity contribution in [2.75, 3.05) is 19.8 Å². The second-order valence-electron chi connectivity index (χ2n) is 15.8. The zero-order valence-electron chi connectivity index (χ0n) is 36.1. The maximum atomic E-state index is 12.8. The Bertz CT molecular complexity index is 1030. The Morgan fingerprint density at radius 2 is 0.982 bits per heavy atom. The van der Waals surface area contributed by atoms with E-state index in [-0.39, 0.29) is 26.1 Å². The van der Waals surface area contributed by atoms with Crippen molar-refractivity contribution in [3.8, 4) is 0 Å². The summed E-state index contributed by atoms with van der Waals surface area (Å²) in [5, 5.41) is 40.1. The number of esters is 2. The number of hydrogen-bond donors (Lipinski definition) is 4.